The average molecular weight is 307 g/mol. The molecule has 0 saturated heterocycles. The molecule has 102 valence electrons. The van der Waals surface area contributed by atoms with Gasteiger partial charge in [-0.3, -0.25) is 0 Å². The number of methoxy groups -OCH3 is 1. The monoisotopic (exact) mass is 306 g/mol. The highest BCUT2D eigenvalue weighted by atomic mass is 35.5. The van der Waals surface area contributed by atoms with Crippen LogP contribution in [0.5, 0.6) is 0 Å². The fraction of sp³-hybridized carbons (Fsp3) is 0.0625. The predicted octanol–water partition coefficient (Wildman–Crippen LogP) is 4.95. The summed E-state index contributed by atoms with van der Waals surface area (Å²) >= 11 is 12.0. The second-order valence-corrected chi connectivity index (χ2v) is 4.96. The number of ether oxygens (including phenoxy) is 1. The molecule has 0 aliphatic rings. The Bertz CT molecular complexity index is 646. The molecular weight excluding hydrogens is 295 g/mol. The van der Waals surface area contributed by atoms with Gasteiger partial charge in [-0.15, -0.1) is 0 Å². The summed E-state index contributed by atoms with van der Waals surface area (Å²) < 4.78 is 4.65. The minimum Gasteiger partial charge on any atom is -0.465 e. The molecule has 2 aromatic rings. The molecule has 0 heterocycles. The zero-order valence-electron chi connectivity index (χ0n) is 10.8. The Balaban J connectivity index is 2.19. The smallest absolute Gasteiger partial charge is 0.337 e. The van der Waals surface area contributed by atoms with E-state index in [1.807, 2.05) is 24.3 Å². The Hall–Kier alpha value is -1.77. The Morgan fingerprint density at radius 2 is 1.75 bits per heavy atom. The molecule has 0 saturated carbocycles. The summed E-state index contributed by atoms with van der Waals surface area (Å²) in [4.78, 5) is 11.3. The average Bonchev–Trinajstić information content (AvgIpc) is 2.48. The summed E-state index contributed by atoms with van der Waals surface area (Å²) in [5, 5.41) is 1.27. The number of carbonyl (C=O) groups excluding carboxylic acids is 1. The maximum absolute atomic E-state index is 11.3. The summed E-state index contributed by atoms with van der Waals surface area (Å²) in [6, 6.07) is 12.4. The van der Waals surface area contributed by atoms with Gasteiger partial charge >= 0.3 is 5.97 Å². The van der Waals surface area contributed by atoms with E-state index in [1.54, 1.807) is 30.3 Å². The standard InChI is InChI=1S/C16H12Cl2O2/c1-20-16(19)12-5-2-11(3-6-12)4-7-13-10-14(17)8-9-15(13)18/h2-10H,1H3. The maximum atomic E-state index is 11.3. The van der Waals surface area contributed by atoms with Gasteiger partial charge in [0.15, 0.2) is 0 Å². The molecule has 0 atom stereocenters. The molecule has 0 unspecified atom stereocenters. The van der Waals surface area contributed by atoms with E-state index in [9.17, 15) is 4.79 Å². The molecule has 0 aliphatic heterocycles. The minimum absolute atomic E-state index is 0.349. The summed E-state index contributed by atoms with van der Waals surface area (Å²) in [5.74, 6) is -0.349. The van der Waals surface area contributed by atoms with Crippen LogP contribution in [-0.4, -0.2) is 13.1 Å². The second kappa shape index (κ2) is 6.60. The van der Waals surface area contributed by atoms with E-state index in [0.717, 1.165) is 11.1 Å². The number of carbonyl (C=O) groups is 1. The lowest BCUT2D eigenvalue weighted by molar-refractivity contribution is 0.0601. The Kier molecular flexibility index (Phi) is 4.83. The third-order valence-electron chi connectivity index (χ3n) is 2.75. The summed E-state index contributed by atoms with van der Waals surface area (Å²) in [6.45, 7) is 0. The van der Waals surface area contributed by atoms with E-state index in [-0.39, 0.29) is 5.97 Å². The second-order valence-electron chi connectivity index (χ2n) is 4.11. The van der Waals surface area contributed by atoms with E-state index in [1.165, 1.54) is 7.11 Å². The lowest BCUT2D eigenvalue weighted by atomic mass is 10.1. The molecule has 4 heteroatoms. The van der Waals surface area contributed by atoms with Crippen molar-refractivity contribution in [3.63, 3.8) is 0 Å². The van der Waals surface area contributed by atoms with Crippen molar-refractivity contribution in [3.8, 4) is 0 Å². The van der Waals surface area contributed by atoms with Gasteiger partial charge < -0.3 is 4.74 Å². The molecule has 0 aliphatic carbocycles. The van der Waals surface area contributed by atoms with Crippen molar-refractivity contribution in [3.05, 3.63) is 69.2 Å². The van der Waals surface area contributed by atoms with Crippen LogP contribution in [0, 0.1) is 0 Å². The van der Waals surface area contributed by atoms with Crippen molar-refractivity contribution in [2.45, 2.75) is 0 Å². The number of esters is 1. The third kappa shape index (κ3) is 3.62. The molecule has 20 heavy (non-hydrogen) atoms. The van der Waals surface area contributed by atoms with E-state index in [4.69, 9.17) is 23.2 Å². The number of halogens is 2. The molecule has 0 N–H and O–H groups in total. The first-order valence-corrected chi connectivity index (χ1v) is 6.67. The predicted molar refractivity (Wildman–Crippen MR) is 83.2 cm³/mol. The molecule has 0 aromatic heterocycles. The zero-order valence-corrected chi connectivity index (χ0v) is 12.3. The van der Waals surface area contributed by atoms with Crippen LogP contribution >= 0.6 is 23.2 Å². The van der Waals surface area contributed by atoms with Crippen LogP contribution in [0.25, 0.3) is 12.2 Å². The van der Waals surface area contributed by atoms with Crippen LogP contribution in [0.3, 0.4) is 0 Å². The van der Waals surface area contributed by atoms with Crippen LogP contribution in [0.15, 0.2) is 42.5 Å². The molecule has 2 nitrogen and oxygen atoms in total. The van der Waals surface area contributed by atoms with Crippen molar-refractivity contribution >= 4 is 41.3 Å². The van der Waals surface area contributed by atoms with Crippen molar-refractivity contribution in [1.29, 1.82) is 0 Å². The fourth-order valence-electron chi connectivity index (χ4n) is 1.68. The van der Waals surface area contributed by atoms with Gasteiger partial charge in [-0.05, 0) is 41.5 Å². The van der Waals surface area contributed by atoms with E-state index < -0.39 is 0 Å². The molecule has 0 bridgehead atoms. The molecule has 2 aromatic carbocycles. The lowest BCUT2D eigenvalue weighted by Gasteiger charge is -2.01. The van der Waals surface area contributed by atoms with Crippen LogP contribution in [0.4, 0.5) is 0 Å². The first-order chi connectivity index (χ1) is 9.60. The number of hydrogen-bond acceptors (Lipinski definition) is 2. The van der Waals surface area contributed by atoms with Gasteiger partial charge in [0.25, 0.3) is 0 Å². The normalized spacial score (nSPS) is 10.8. The maximum Gasteiger partial charge on any atom is 0.337 e. The SMILES string of the molecule is COC(=O)c1ccc(C=Cc2cc(Cl)ccc2Cl)cc1. The van der Waals surface area contributed by atoms with Crippen molar-refractivity contribution in [2.24, 2.45) is 0 Å². The van der Waals surface area contributed by atoms with Crippen molar-refractivity contribution in [2.75, 3.05) is 7.11 Å². The van der Waals surface area contributed by atoms with Crippen LogP contribution in [0.1, 0.15) is 21.5 Å². The quantitative estimate of drug-likeness (QED) is 0.592. The molecule has 2 rings (SSSR count). The summed E-state index contributed by atoms with van der Waals surface area (Å²) in [6.07, 6.45) is 3.78. The highest BCUT2D eigenvalue weighted by molar-refractivity contribution is 6.34. The molecule has 0 spiro atoms. The summed E-state index contributed by atoms with van der Waals surface area (Å²) in [7, 11) is 1.36. The zero-order chi connectivity index (χ0) is 14.5. The van der Waals surface area contributed by atoms with Crippen LogP contribution in [0.2, 0.25) is 10.0 Å². The Morgan fingerprint density at radius 3 is 2.40 bits per heavy atom. The van der Waals surface area contributed by atoms with Gasteiger partial charge in [0.2, 0.25) is 0 Å². The number of hydrogen-bond donors (Lipinski definition) is 0. The number of benzene rings is 2. The topological polar surface area (TPSA) is 26.3 Å². The van der Waals surface area contributed by atoms with Gasteiger partial charge in [0, 0.05) is 10.0 Å². The first-order valence-electron chi connectivity index (χ1n) is 5.91. The van der Waals surface area contributed by atoms with Gasteiger partial charge in [-0.2, -0.15) is 0 Å². The van der Waals surface area contributed by atoms with E-state index in [2.05, 4.69) is 4.74 Å². The van der Waals surface area contributed by atoms with Crippen molar-refractivity contribution in [1.82, 2.24) is 0 Å². The molecule has 0 radical (unpaired) electrons. The highest BCUT2D eigenvalue weighted by Crippen LogP contribution is 2.22. The van der Waals surface area contributed by atoms with Crippen LogP contribution in [-0.2, 0) is 4.74 Å². The summed E-state index contributed by atoms with van der Waals surface area (Å²) in [5.41, 5.74) is 2.32. The highest BCUT2D eigenvalue weighted by Gasteiger charge is 2.03. The number of rotatable bonds is 3. The van der Waals surface area contributed by atoms with E-state index in [0.29, 0.717) is 15.6 Å². The third-order valence-corrected chi connectivity index (χ3v) is 3.32. The molecule has 0 fully saturated rings. The molecular formula is C16H12Cl2O2. The Labute approximate surface area is 127 Å². The van der Waals surface area contributed by atoms with Gasteiger partial charge in [-0.25, -0.2) is 4.79 Å². The van der Waals surface area contributed by atoms with Crippen LogP contribution < -0.4 is 0 Å². The largest absolute Gasteiger partial charge is 0.465 e. The minimum atomic E-state index is -0.349. The Morgan fingerprint density at radius 1 is 1.05 bits per heavy atom. The molecule has 0 amide bonds. The van der Waals surface area contributed by atoms with Gasteiger partial charge in [0.05, 0.1) is 12.7 Å². The van der Waals surface area contributed by atoms with Gasteiger partial charge in [-0.1, -0.05) is 47.5 Å². The van der Waals surface area contributed by atoms with Crippen molar-refractivity contribution < 1.29 is 9.53 Å². The first kappa shape index (κ1) is 14.6. The van der Waals surface area contributed by atoms with Gasteiger partial charge in [0.1, 0.15) is 0 Å². The van der Waals surface area contributed by atoms with E-state index >= 15 is 0 Å². The fourth-order valence-corrected chi connectivity index (χ4v) is 2.04. The lowest BCUT2D eigenvalue weighted by Crippen LogP contribution is -2.00.